The van der Waals surface area contributed by atoms with Gasteiger partial charge >= 0.3 is 6.03 Å². The standard InChI is InChI=1S/C18H20N4O/c1-12(17-10-20-11-21-17)15-6-4-5-13-7-8-14(9-16(13)15)22(3)18(23)19-2/h4-12H,1-3H3,(H,19,23)(H,20,21). The van der Waals surface area contributed by atoms with Crippen molar-refractivity contribution in [1.29, 1.82) is 0 Å². The smallest absolute Gasteiger partial charge is 0.321 e. The first-order valence-electron chi connectivity index (χ1n) is 7.58. The highest BCUT2D eigenvalue weighted by molar-refractivity contribution is 5.96. The Labute approximate surface area is 135 Å². The fourth-order valence-corrected chi connectivity index (χ4v) is 2.82. The van der Waals surface area contributed by atoms with E-state index in [4.69, 9.17) is 0 Å². The number of nitrogens with one attached hydrogen (secondary N) is 2. The van der Waals surface area contributed by atoms with Gasteiger partial charge in [0.05, 0.1) is 12.0 Å². The van der Waals surface area contributed by atoms with Gasteiger partial charge in [0.2, 0.25) is 0 Å². The van der Waals surface area contributed by atoms with Crippen LogP contribution in [0.3, 0.4) is 0 Å². The number of carbonyl (C=O) groups excluding carboxylic acids is 1. The van der Waals surface area contributed by atoms with Crippen molar-refractivity contribution in [3.63, 3.8) is 0 Å². The SMILES string of the molecule is CNC(=O)N(C)c1ccc2cccc(C(C)c3c[nH]cn3)c2c1. The van der Waals surface area contributed by atoms with Crippen LogP contribution in [0.5, 0.6) is 0 Å². The summed E-state index contributed by atoms with van der Waals surface area (Å²) in [5, 5.41) is 4.93. The number of rotatable bonds is 3. The van der Waals surface area contributed by atoms with E-state index in [0.717, 1.165) is 22.2 Å². The highest BCUT2D eigenvalue weighted by atomic mass is 16.2. The molecule has 0 aliphatic carbocycles. The Balaban J connectivity index is 2.10. The maximum Gasteiger partial charge on any atom is 0.321 e. The van der Waals surface area contributed by atoms with Gasteiger partial charge in [-0.25, -0.2) is 9.78 Å². The van der Waals surface area contributed by atoms with Crippen LogP contribution in [0, 0.1) is 0 Å². The molecule has 0 radical (unpaired) electrons. The van der Waals surface area contributed by atoms with Gasteiger partial charge < -0.3 is 10.3 Å². The van der Waals surface area contributed by atoms with Crippen molar-refractivity contribution in [2.75, 3.05) is 19.0 Å². The second-order valence-electron chi connectivity index (χ2n) is 5.58. The summed E-state index contributed by atoms with van der Waals surface area (Å²) >= 11 is 0. The van der Waals surface area contributed by atoms with Crippen molar-refractivity contribution >= 4 is 22.5 Å². The molecule has 1 heterocycles. The quantitative estimate of drug-likeness (QED) is 0.778. The Morgan fingerprint density at radius 3 is 2.83 bits per heavy atom. The van der Waals surface area contributed by atoms with E-state index >= 15 is 0 Å². The number of carbonyl (C=O) groups is 1. The number of anilines is 1. The maximum absolute atomic E-state index is 11.9. The van der Waals surface area contributed by atoms with Crippen LogP contribution in [0.2, 0.25) is 0 Å². The molecule has 1 atom stereocenters. The van der Waals surface area contributed by atoms with E-state index in [-0.39, 0.29) is 11.9 Å². The molecule has 0 spiro atoms. The van der Waals surface area contributed by atoms with Gasteiger partial charge in [-0.2, -0.15) is 0 Å². The summed E-state index contributed by atoms with van der Waals surface area (Å²) in [6.45, 7) is 2.14. The third-order valence-corrected chi connectivity index (χ3v) is 4.23. The van der Waals surface area contributed by atoms with Crippen LogP contribution in [0.1, 0.15) is 24.1 Å². The second-order valence-corrected chi connectivity index (χ2v) is 5.58. The number of aromatic amines is 1. The first-order chi connectivity index (χ1) is 11.1. The lowest BCUT2D eigenvalue weighted by molar-refractivity contribution is 0.249. The third kappa shape index (κ3) is 2.77. The fourth-order valence-electron chi connectivity index (χ4n) is 2.82. The molecule has 2 aromatic carbocycles. The highest BCUT2D eigenvalue weighted by Gasteiger charge is 2.15. The number of nitrogens with zero attached hydrogens (tertiary/aromatic N) is 2. The van der Waals surface area contributed by atoms with Crippen LogP contribution < -0.4 is 10.2 Å². The van der Waals surface area contributed by atoms with Crippen molar-refractivity contribution < 1.29 is 4.79 Å². The van der Waals surface area contributed by atoms with Crippen LogP contribution in [0.25, 0.3) is 10.8 Å². The molecule has 118 valence electrons. The average Bonchev–Trinajstić information content (AvgIpc) is 3.13. The summed E-state index contributed by atoms with van der Waals surface area (Å²) in [6, 6.07) is 12.2. The molecule has 2 amide bonds. The molecule has 0 saturated carbocycles. The maximum atomic E-state index is 11.9. The molecule has 1 unspecified atom stereocenters. The predicted octanol–water partition coefficient (Wildman–Crippen LogP) is 3.49. The number of hydrogen-bond acceptors (Lipinski definition) is 2. The van der Waals surface area contributed by atoms with Crippen molar-refractivity contribution in [3.05, 3.63) is 60.2 Å². The number of hydrogen-bond donors (Lipinski definition) is 2. The summed E-state index contributed by atoms with van der Waals surface area (Å²) in [6.07, 6.45) is 3.62. The molecule has 0 saturated heterocycles. The molecular formula is C18H20N4O. The summed E-state index contributed by atoms with van der Waals surface area (Å²) in [7, 11) is 3.39. The molecule has 1 aromatic heterocycles. The Morgan fingerprint density at radius 2 is 2.13 bits per heavy atom. The van der Waals surface area contributed by atoms with Gasteiger partial charge in [-0.05, 0) is 28.5 Å². The average molecular weight is 308 g/mol. The normalized spacial score (nSPS) is 12.1. The van der Waals surface area contributed by atoms with E-state index in [0.29, 0.717) is 0 Å². The van der Waals surface area contributed by atoms with Gasteiger partial charge in [0, 0.05) is 31.9 Å². The Hall–Kier alpha value is -2.82. The first kappa shape index (κ1) is 15.1. The number of imidazole rings is 1. The highest BCUT2D eigenvalue weighted by Crippen LogP contribution is 2.31. The van der Waals surface area contributed by atoms with Crippen LogP contribution in [-0.4, -0.2) is 30.1 Å². The molecule has 3 rings (SSSR count). The molecule has 0 fully saturated rings. The van der Waals surface area contributed by atoms with Gasteiger partial charge in [-0.15, -0.1) is 0 Å². The molecule has 23 heavy (non-hydrogen) atoms. The van der Waals surface area contributed by atoms with Crippen molar-refractivity contribution in [1.82, 2.24) is 15.3 Å². The zero-order chi connectivity index (χ0) is 16.4. The van der Waals surface area contributed by atoms with Gasteiger partial charge in [-0.1, -0.05) is 31.2 Å². The Morgan fingerprint density at radius 1 is 1.30 bits per heavy atom. The minimum Gasteiger partial charge on any atom is -0.351 e. The van der Waals surface area contributed by atoms with Gasteiger partial charge in [-0.3, -0.25) is 4.90 Å². The molecule has 2 N–H and O–H groups in total. The molecular weight excluding hydrogens is 288 g/mol. The van der Waals surface area contributed by atoms with E-state index in [1.807, 2.05) is 18.3 Å². The second kappa shape index (κ2) is 6.12. The van der Waals surface area contributed by atoms with Gasteiger partial charge in [0.1, 0.15) is 0 Å². The minimum absolute atomic E-state index is 0.137. The molecule has 5 heteroatoms. The van der Waals surface area contributed by atoms with Crippen molar-refractivity contribution in [2.45, 2.75) is 12.8 Å². The molecule has 0 aliphatic rings. The number of urea groups is 1. The van der Waals surface area contributed by atoms with Crippen LogP contribution in [0.15, 0.2) is 48.9 Å². The summed E-state index contributed by atoms with van der Waals surface area (Å²) in [5.41, 5.74) is 3.06. The number of amides is 2. The first-order valence-corrected chi connectivity index (χ1v) is 7.58. The van der Waals surface area contributed by atoms with E-state index in [2.05, 4.69) is 46.5 Å². The zero-order valence-electron chi connectivity index (χ0n) is 13.5. The van der Waals surface area contributed by atoms with E-state index in [1.54, 1.807) is 25.3 Å². The fraction of sp³-hybridized carbons (Fsp3) is 0.222. The van der Waals surface area contributed by atoms with Crippen LogP contribution in [0.4, 0.5) is 10.5 Å². The third-order valence-electron chi connectivity index (χ3n) is 4.23. The van der Waals surface area contributed by atoms with Gasteiger partial charge in [0.25, 0.3) is 0 Å². The topological polar surface area (TPSA) is 61.0 Å². The summed E-state index contributed by atoms with van der Waals surface area (Å²) < 4.78 is 0. The lowest BCUT2D eigenvalue weighted by Gasteiger charge is -2.19. The Bertz CT molecular complexity index is 826. The van der Waals surface area contributed by atoms with Crippen LogP contribution in [-0.2, 0) is 0 Å². The Kier molecular flexibility index (Phi) is 4.02. The minimum atomic E-state index is -0.137. The number of fused-ring (bicyclic) bond motifs is 1. The lowest BCUT2D eigenvalue weighted by atomic mass is 9.92. The van der Waals surface area contributed by atoms with Crippen molar-refractivity contribution in [3.8, 4) is 0 Å². The lowest BCUT2D eigenvalue weighted by Crippen LogP contribution is -2.34. The predicted molar refractivity (Wildman–Crippen MR) is 92.9 cm³/mol. The summed E-state index contributed by atoms with van der Waals surface area (Å²) in [5.74, 6) is 0.172. The van der Waals surface area contributed by atoms with E-state index in [9.17, 15) is 4.79 Å². The number of benzene rings is 2. The molecule has 5 nitrogen and oxygen atoms in total. The van der Waals surface area contributed by atoms with Crippen LogP contribution >= 0.6 is 0 Å². The zero-order valence-corrected chi connectivity index (χ0v) is 13.5. The monoisotopic (exact) mass is 308 g/mol. The number of aromatic nitrogens is 2. The van der Waals surface area contributed by atoms with E-state index in [1.165, 1.54) is 5.56 Å². The van der Waals surface area contributed by atoms with Gasteiger partial charge in [0.15, 0.2) is 0 Å². The molecule has 0 aliphatic heterocycles. The van der Waals surface area contributed by atoms with E-state index < -0.39 is 0 Å². The summed E-state index contributed by atoms with van der Waals surface area (Å²) in [4.78, 5) is 20.8. The largest absolute Gasteiger partial charge is 0.351 e. The van der Waals surface area contributed by atoms with Crippen molar-refractivity contribution in [2.24, 2.45) is 0 Å². The number of H-pyrrole nitrogens is 1. The molecule has 3 aromatic rings. The molecule has 0 bridgehead atoms.